The minimum absolute atomic E-state index is 0.0198. The molecule has 1 amide bonds. The molecule has 0 aromatic carbocycles. The molecule has 1 rings (SSSR count). The normalized spacial score (nSPS) is 12.4. The van der Waals surface area contributed by atoms with Gasteiger partial charge in [-0.2, -0.15) is 0 Å². The number of carbonyl (C=O) groups is 1. The fraction of sp³-hybridized carbons (Fsp3) is 0.600. The number of ether oxygens (including phenoxy) is 1. The van der Waals surface area contributed by atoms with Crippen LogP contribution in [0, 0.1) is 0 Å². The van der Waals surface area contributed by atoms with E-state index in [1.807, 2.05) is 6.92 Å². The Morgan fingerprint density at radius 1 is 1.69 bits per heavy atom. The van der Waals surface area contributed by atoms with Gasteiger partial charge in [0.2, 0.25) is 5.91 Å². The summed E-state index contributed by atoms with van der Waals surface area (Å²) < 4.78 is 9.57. The van der Waals surface area contributed by atoms with Gasteiger partial charge in [0, 0.05) is 25.8 Å². The smallest absolute Gasteiger partial charge is 0.234 e. The molecule has 1 aromatic rings. The lowest BCUT2D eigenvalue weighted by Crippen LogP contribution is -2.40. The van der Waals surface area contributed by atoms with Gasteiger partial charge >= 0.3 is 0 Å². The van der Waals surface area contributed by atoms with Crippen molar-refractivity contribution < 1.29 is 14.1 Å². The van der Waals surface area contributed by atoms with Gasteiger partial charge in [0.05, 0.1) is 18.8 Å². The van der Waals surface area contributed by atoms with Crippen LogP contribution in [0.1, 0.15) is 12.6 Å². The highest BCUT2D eigenvalue weighted by Crippen LogP contribution is 1.92. The van der Waals surface area contributed by atoms with Crippen LogP contribution < -0.4 is 10.6 Å². The Kier molecular flexibility index (Phi) is 5.52. The van der Waals surface area contributed by atoms with Crippen molar-refractivity contribution in [3.63, 3.8) is 0 Å². The molecule has 0 aliphatic rings. The first-order chi connectivity index (χ1) is 7.72. The van der Waals surface area contributed by atoms with Gasteiger partial charge in [-0.05, 0) is 6.92 Å². The molecule has 16 heavy (non-hydrogen) atoms. The summed E-state index contributed by atoms with van der Waals surface area (Å²) in [6, 6.07) is 1.77. The molecule has 1 aromatic heterocycles. The molecule has 0 bridgehead atoms. The monoisotopic (exact) mass is 227 g/mol. The van der Waals surface area contributed by atoms with Crippen molar-refractivity contribution in [3.8, 4) is 0 Å². The van der Waals surface area contributed by atoms with E-state index in [4.69, 9.17) is 4.74 Å². The Morgan fingerprint density at radius 2 is 2.50 bits per heavy atom. The van der Waals surface area contributed by atoms with Crippen LogP contribution in [-0.2, 0) is 16.1 Å². The lowest BCUT2D eigenvalue weighted by Gasteiger charge is -2.12. The minimum atomic E-state index is -0.0620. The fourth-order valence-corrected chi connectivity index (χ4v) is 1.25. The summed E-state index contributed by atoms with van der Waals surface area (Å²) >= 11 is 0. The van der Waals surface area contributed by atoms with Crippen LogP contribution in [0.25, 0.3) is 0 Å². The Labute approximate surface area is 94.3 Å². The van der Waals surface area contributed by atoms with Gasteiger partial charge in [0.1, 0.15) is 6.26 Å². The quantitative estimate of drug-likeness (QED) is 0.681. The van der Waals surface area contributed by atoms with Crippen LogP contribution in [0.4, 0.5) is 0 Å². The highest BCUT2D eigenvalue weighted by molar-refractivity contribution is 5.78. The van der Waals surface area contributed by atoms with Crippen molar-refractivity contribution in [3.05, 3.63) is 18.0 Å². The predicted octanol–water partition coefficient (Wildman–Crippen LogP) is -0.0847. The van der Waals surface area contributed by atoms with E-state index in [9.17, 15) is 4.79 Å². The molecule has 0 aliphatic carbocycles. The standard InChI is InChI=1S/C10H17N3O3/c1-8(7-15-2)12-10(14)6-11-5-9-3-4-16-13-9/h3-4,8,11H,5-7H2,1-2H3,(H,12,14). The Morgan fingerprint density at radius 3 is 3.12 bits per heavy atom. The number of rotatable bonds is 7. The maximum absolute atomic E-state index is 11.4. The van der Waals surface area contributed by atoms with Gasteiger partial charge in [0.25, 0.3) is 0 Å². The number of aromatic nitrogens is 1. The molecule has 0 aliphatic heterocycles. The van der Waals surface area contributed by atoms with Gasteiger partial charge in [-0.1, -0.05) is 5.16 Å². The van der Waals surface area contributed by atoms with E-state index in [2.05, 4.69) is 20.3 Å². The number of nitrogens with one attached hydrogen (secondary N) is 2. The predicted molar refractivity (Wildman–Crippen MR) is 57.7 cm³/mol. The lowest BCUT2D eigenvalue weighted by molar-refractivity contribution is -0.121. The lowest BCUT2D eigenvalue weighted by atomic mass is 10.3. The molecule has 6 nitrogen and oxygen atoms in total. The van der Waals surface area contributed by atoms with E-state index in [-0.39, 0.29) is 18.5 Å². The molecular formula is C10H17N3O3. The van der Waals surface area contributed by atoms with E-state index in [0.29, 0.717) is 13.2 Å². The van der Waals surface area contributed by atoms with Crippen LogP contribution in [0.2, 0.25) is 0 Å². The van der Waals surface area contributed by atoms with Crippen molar-refractivity contribution in [2.45, 2.75) is 19.5 Å². The molecule has 2 N–H and O–H groups in total. The topological polar surface area (TPSA) is 76.4 Å². The van der Waals surface area contributed by atoms with E-state index < -0.39 is 0 Å². The third-order valence-electron chi connectivity index (χ3n) is 1.91. The van der Waals surface area contributed by atoms with Crippen molar-refractivity contribution >= 4 is 5.91 Å². The second kappa shape index (κ2) is 6.97. The van der Waals surface area contributed by atoms with Crippen molar-refractivity contribution in [2.75, 3.05) is 20.3 Å². The van der Waals surface area contributed by atoms with E-state index in [0.717, 1.165) is 5.69 Å². The number of carbonyl (C=O) groups excluding carboxylic acids is 1. The van der Waals surface area contributed by atoms with E-state index in [1.54, 1.807) is 13.2 Å². The van der Waals surface area contributed by atoms with Crippen molar-refractivity contribution in [1.82, 2.24) is 15.8 Å². The first-order valence-electron chi connectivity index (χ1n) is 5.10. The molecule has 0 spiro atoms. The number of amides is 1. The summed E-state index contributed by atoms with van der Waals surface area (Å²) in [5.41, 5.74) is 0.776. The maximum atomic E-state index is 11.4. The zero-order chi connectivity index (χ0) is 11.8. The van der Waals surface area contributed by atoms with Crippen LogP contribution in [0.15, 0.2) is 16.9 Å². The third-order valence-corrected chi connectivity index (χ3v) is 1.91. The highest BCUT2D eigenvalue weighted by Gasteiger charge is 2.06. The summed E-state index contributed by atoms with van der Waals surface area (Å²) in [5, 5.41) is 9.46. The summed E-state index contributed by atoms with van der Waals surface area (Å²) in [7, 11) is 1.60. The minimum Gasteiger partial charge on any atom is -0.383 e. The van der Waals surface area contributed by atoms with E-state index >= 15 is 0 Å². The van der Waals surface area contributed by atoms with Crippen LogP contribution in [0.3, 0.4) is 0 Å². The fourth-order valence-electron chi connectivity index (χ4n) is 1.25. The number of nitrogens with zero attached hydrogens (tertiary/aromatic N) is 1. The van der Waals surface area contributed by atoms with Crippen LogP contribution >= 0.6 is 0 Å². The van der Waals surface area contributed by atoms with Gasteiger partial charge < -0.3 is 19.9 Å². The van der Waals surface area contributed by atoms with E-state index in [1.165, 1.54) is 6.26 Å². The zero-order valence-electron chi connectivity index (χ0n) is 9.53. The first-order valence-corrected chi connectivity index (χ1v) is 5.10. The SMILES string of the molecule is COCC(C)NC(=O)CNCc1ccon1. The van der Waals surface area contributed by atoms with Gasteiger partial charge in [-0.25, -0.2) is 0 Å². The Hall–Kier alpha value is -1.40. The first kappa shape index (κ1) is 12.7. The molecule has 6 heteroatoms. The summed E-state index contributed by atoms with van der Waals surface area (Å²) in [6.07, 6.45) is 1.50. The molecular weight excluding hydrogens is 210 g/mol. The largest absolute Gasteiger partial charge is 0.383 e. The molecule has 1 atom stereocenters. The molecule has 1 unspecified atom stereocenters. The Balaban J connectivity index is 2.10. The average molecular weight is 227 g/mol. The third kappa shape index (κ3) is 4.90. The summed E-state index contributed by atoms with van der Waals surface area (Å²) in [5.74, 6) is -0.0620. The second-order valence-electron chi connectivity index (χ2n) is 3.52. The molecule has 0 radical (unpaired) electrons. The summed E-state index contributed by atoms with van der Waals surface area (Å²) in [4.78, 5) is 11.4. The molecule has 0 saturated carbocycles. The highest BCUT2D eigenvalue weighted by atomic mass is 16.5. The molecule has 1 heterocycles. The molecule has 90 valence electrons. The van der Waals surface area contributed by atoms with Gasteiger partial charge in [0.15, 0.2) is 0 Å². The molecule has 0 fully saturated rings. The van der Waals surface area contributed by atoms with Crippen molar-refractivity contribution in [2.24, 2.45) is 0 Å². The Bertz CT molecular complexity index is 300. The van der Waals surface area contributed by atoms with Gasteiger partial charge in [-0.15, -0.1) is 0 Å². The van der Waals surface area contributed by atoms with Crippen LogP contribution in [-0.4, -0.2) is 37.4 Å². The number of methoxy groups -OCH3 is 1. The summed E-state index contributed by atoms with van der Waals surface area (Å²) in [6.45, 7) is 3.16. The van der Waals surface area contributed by atoms with Gasteiger partial charge in [-0.3, -0.25) is 4.79 Å². The van der Waals surface area contributed by atoms with Crippen LogP contribution in [0.5, 0.6) is 0 Å². The number of hydrogen-bond acceptors (Lipinski definition) is 5. The maximum Gasteiger partial charge on any atom is 0.234 e. The van der Waals surface area contributed by atoms with Crippen molar-refractivity contribution in [1.29, 1.82) is 0 Å². The average Bonchev–Trinajstić information content (AvgIpc) is 2.70. The zero-order valence-corrected chi connectivity index (χ0v) is 9.53. The number of hydrogen-bond donors (Lipinski definition) is 2. The second-order valence-corrected chi connectivity index (χ2v) is 3.52. The molecule has 0 saturated heterocycles.